The third-order valence-corrected chi connectivity index (χ3v) is 14.0. The molecule has 0 saturated heterocycles. The molecule has 0 fully saturated rings. The van der Waals surface area contributed by atoms with Gasteiger partial charge in [0.1, 0.15) is 22.3 Å². The Morgan fingerprint density at radius 2 is 0.731 bits per heavy atom. The number of hydrogen-bond donors (Lipinski definition) is 0. The summed E-state index contributed by atoms with van der Waals surface area (Å²) in [4.78, 5) is 4.85. The summed E-state index contributed by atoms with van der Waals surface area (Å²) >= 11 is 0. The SMILES string of the molecule is Cc1ccccc1N(c1ccc2cc3c(cc2c1)oc1c(-c2ccccc2)c2oc4cc5cc(N(c6c(C)cccc6C)c6c(C)cccc6C)ccc5cc4c2cc13)c1c(C)cccc1C. The summed E-state index contributed by atoms with van der Waals surface area (Å²) in [5.74, 6) is 0. The van der Waals surface area contributed by atoms with Gasteiger partial charge in [0.2, 0.25) is 0 Å². The fourth-order valence-corrected chi connectivity index (χ4v) is 10.8. The van der Waals surface area contributed by atoms with Crippen molar-refractivity contribution in [3.05, 3.63) is 215 Å². The minimum atomic E-state index is 0.824. The number of nitrogens with zero attached hydrogens (tertiary/aromatic N) is 2. The predicted octanol–water partition coefficient (Wildman–Crippen LogP) is 18.6. The fourth-order valence-electron chi connectivity index (χ4n) is 10.8. The van der Waals surface area contributed by atoms with E-state index in [2.05, 4.69) is 234 Å². The third-order valence-electron chi connectivity index (χ3n) is 14.0. The van der Waals surface area contributed by atoms with Crippen LogP contribution in [0.4, 0.5) is 34.1 Å². The van der Waals surface area contributed by atoms with Crippen LogP contribution in [0.5, 0.6) is 0 Å². The summed E-state index contributed by atoms with van der Waals surface area (Å²) in [5.41, 5.74) is 21.0. The first-order valence-electron chi connectivity index (χ1n) is 23.2. The summed E-state index contributed by atoms with van der Waals surface area (Å²) in [7, 11) is 0. The molecule has 324 valence electrons. The van der Waals surface area contributed by atoms with E-state index in [0.29, 0.717) is 0 Å². The highest BCUT2D eigenvalue weighted by Crippen LogP contribution is 2.48. The molecule has 0 aliphatic heterocycles. The number of anilines is 6. The first-order chi connectivity index (χ1) is 32.6. The maximum Gasteiger partial charge on any atom is 0.147 e. The van der Waals surface area contributed by atoms with E-state index in [1.165, 1.54) is 56.0 Å². The molecule has 2 aromatic heterocycles. The van der Waals surface area contributed by atoms with Crippen molar-refractivity contribution in [1.29, 1.82) is 0 Å². The van der Waals surface area contributed by atoms with Gasteiger partial charge in [0.15, 0.2) is 0 Å². The van der Waals surface area contributed by atoms with Gasteiger partial charge in [-0.25, -0.2) is 0 Å². The Kier molecular flexibility index (Phi) is 9.37. The van der Waals surface area contributed by atoms with Gasteiger partial charge in [-0.2, -0.15) is 0 Å². The quantitative estimate of drug-likeness (QED) is 0.160. The van der Waals surface area contributed by atoms with Gasteiger partial charge >= 0.3 is 0 Å². The van der Waals surface area contributed by atoms with Crippen molar-refractivity contribution in [3.8, 4) is 11.1 Å². The summed E-state index contributed by atoms with van der Waals surface area (Å²) in [6.07, 6.45) is 0. The van der Waals surface area contributed by atoms with Crippen LogP contribution in [-0.2, 0) is 0 Å². The van der Waals surface area contributed by atoms with Crippen LogP contribution in [0.1, 0.15) is 38.9 Å². The van der Waals surface area contributed by atoms with E-state index >= 15 is 0 Å². The molecule has 4 heteroatoms. The first kappa shape index (κ1) is 40.4. The first-order valence-corrected chi connectivity index (χ1v) is 23.2. The zero-order chi connectivity index (χ0) is 45.7. The van der Waals surface area contributed by atoms with Gasteiger partial charge in [-0.05, 0) is 175 Å². The number of para-hydroxylation sites is 4. The average molecular weight is 867 g/mol. The van der Waals surface area contributed by atoms with Crippen LogP contribution in [-0.4, -0.2) is 0 Å². The van der Waals surface area contributed by atoms with Crippen LogP contribution in [0.2, 0.25) is 0 Å². The lowest BCUT2D eigenvalue weighted by Gasteiger charge is -2.31. The van der Waals surface area contributed by atoms with Crippen LogP contribution in [0, 0.1) is 48.5 Å². The van der Waals surface area contributed by atoms with E-state index in [1.807, 2.05) is 0 Å². The molecule has 0 radical (unpaired) electrons. The molecule has 0 aliphatic rings. The number of rotatable bonds is 7. The topological polar surface area (TPSA) is 32.8 Å². The van der Waals surface area contributed by atoms with E-state index in [4.69, 9.17) is 8.83 Å². The van der Waals surface area contributed by atoms with Crippen LogP contribution in [0.3, 0.4) is 0 Å². The molecular formula is C63H50N2O2. The smallest absolute Gasteiger partial charge is 0.147 e. The number of aryl methyl sites for hydroxylation is 7. The molecule has 0 unspecified atom stereocenters. The molecule has 0 atom stereocenters. The Labute approximate surface area is 390 Å². The van der Waals surface area contributed by atoms with E-state index in [-0.39, 0.29) is 0 Å². The summed E-state index contributed by atoms with van der Waals surface area (Å²) in [6, 6.07) is 63.8. The molecule has 0 saturated carbocycles. The summed E-state index contributed by atoms with van der Waals surface area (Å²) < 4.78 is 14.1. The van der Waals surface area contributed by atoms with Crippen molar-refractivity contribution in [3.63, 3.8) is 0 Å². The highest BCUT2D eigenvalue weighted by molar-refractivity contribution is 6.24. The van der Waals surface area contributed by atoms with E-state index in [9.17, 15) is 0 Å². The zero-order valence-corrected chi connectivity index (χ0v) is 39.0. The Balaban J connectivity index is 1.05. The third kappa shape index (κ3) is 6.50. The summed E-state index contributed by atoms with van der Waals surface area (Å²) in [5, 5.41) is 8.84. The number of hydrogen-bond acceptors (Lipinski definition) is 4. The molecule has 0 amide bonds. The average Bonchev–Trinajstić information content (AvgIpc) is 3.86. The largest absolute Gasteiger partial charge is 0.455 e. The Morgan fingerprint density at radius 3 is 1.21 bits per heavy atom. The minimum Gasteiger partial charge on any atom is -0.455 e. The van der Waals surface area contributed by atoms with Gasteiger partial charge in [0.05, 0.1) is 22.6 Å². The molecule has 12 aromatic rings. The van der Waals surface area contributed by atoms with E-state index < -0.39 is 0 Å². The fraction of sp³-hybridized carbons (Fsp3) is 0.111. The second kappa shape index (κ2) is 15.5. The molecule has 4 nitrogen and oxygen atoms in total. The van der Waals surface area contributed by atoms with Crippen LogP contribution in [0.25, 0.3) is 76.5 Å². The normalized spacial score (nSPS) is 11.8. The summed E-state index contributed by atoms with van der Waals surface area (Å²) in [6.45, 7) is 15.4. The molecule has 0 bridgehead atoms. The molecular weight excluding hydrogens is 817 g/mol. The molecule has 12 rings (SSSR count). The monoisotopic (exact) mass is 866 g/mol. The lowest BCUT2D eigenvalue weighted by molar-refractivity contribution is 0.658. The second-order valence-corrected chi connectivity index (χ2v) is 18.5. The lowest BCUT2D eigenvalue weighted by atomic mass is 9.97. The highest BCUT2D eigenvalue weighted by atomic mass is 16.3. The molecule has 10 aromatic carbocycles. The van der Waals surface area contributed by atoms with Crippen LogP contribution >= 0.6 is 0 Å². The van der Waals surface area contributed by atoms with Crippen molar-refractivity contribution in [2.75, 3.05) is 9.80 Å². The highest BCUT2D eigenvalue weighted by Gasteiger charge is 2.25. The Hall–Kier alpha value is -8.08. The van der Waals surface area contributed by atoms with Crippen LogP contribution in [0.15, 0.2) is 185 Å². The van der Waals surface area contributed by atoms with Crippen molar-refractivity contribution < 1.29 is 8.83 Å². The van der Waals surface area contributed by atoms with Crippen molar-refractivity contribution in [2.45, 2.75) is 48.5 Å². The van der Waals surface area contributed by atoms with E-state index in [0.717, 1.165) is 93.6 Å². The van der Waals surface area contributed by atoms with Crippen molar-refractivity contribution >= 4 is 99.5 Å². The van der Waals surface area contributed by atoms with Gasteiger partial charge in [0.25, 0.3) is 0 Å². The number of benzene rings is 10. The Bertz CT molecular complexity index is 3850. The van der Waals surface area contributed by atoms with Gasteiger partial charge in [-0.1, -0.05) is 115 Å². The van der Waals surface area contributed by atoms with Gasteiger partial charge in [-0.3, -0.25) is 0 Å². The molecule has 0 spiro atoms. The van der Waals surface area contributed by atoms with E-state index in [1.54, 1.807) is 0 Å². The number of fused-ring (bicyclic) bond motifs is 8. The van der Waals surface area contributed by atoms with Gasteiger partial charge < -0.3 is 18.6 Å². The number of furan rings is 2. The van der Waals surface area contributed by atoms with Gasteiger partial charge in [0, 0.05) is 38.6 Å². The van der Waals surface area contributed by atoms with Gasteiger partial charge in [-0.15, -0.1) is 0 Å². The lowest BCUT2D eigenvalue weighted by Crippen LogP contribution is -2.15. The molecule has 0 aliphatic carbocycles. The maximum absolute atomic E-state index is 7.05. The Morgan fingerprint density at radius 1 is 0.313 bits per heavy atom. The van der Waals surface area contributed by atoms with Crippen molar-refractivity contribution in [1.82, 2.24) is 0 Å². The molecule has 0 N–H and O–H groups in total. The minimum absolute atomic E-state index is 0.824. The molecule has 67 heavy (non-hydrogen) atoms. The molecule has 2 heterocycles. The predicted molar refractivity (Wildman–Crippen MR) is 284 cm³/mol. The van der Waals surface area contributed by atoms with Crippen molar-refractivity contribution in [2.24, 2.45) is 0 Å². The maximum atomic E-state index is 7.05. The van der Waals surface area contributed by atoms with Crippen LogP contribution < -0.4 is 9.80 Å². The second-order valence-electron chi connectivity index (χ2n) is 18.5. The zero-order valence-electron chi connectivity index (χ0n) is 39.0. The standard InChI is InChI=1S/C63H50N2O2/c1-37-16-11-12-25-55(37)64(59-38(2)17-13-18-39(59)3)49-28-26-45-32-51-53-36-54-52-33-46-27-29-50(65(60-40(4)19-14-20-41(60)5)61-42(6)21-15-22-43(61)7)31-48(46)35-57(52)67-63(54)58(44-23-9-8-10-24-44)62(53)66-56(51)34-47(45)30-49/h8-36H,1-7H3.